The molecule has 7 atom stereocenters. The molecular weight excluding hydrogens is 739 g/mol. The minimum atomic E-state index is -4.28. The molecule has 2 aromatic rings. The molecular formula is C34H49N2O15PS. The van der Waals surface area contributed by atoms with Crippen molar-refractivity contribution in [2.45, 2.75) is 69.2 Å². The lowest BCUT2D eigenvalue weighted by Gasteiger charge is -2.31. The molecule has 19 heteroatoms. The van der Waals surface area contributed by atoms with Gasteiger partial charge in [-0.3, -0.25) is 9.09 Å². The molecule has 2 aliphatic heterocycles. The molecule has 0 saturated carbocycles. The second-order valence-electron chi connectivity index (χ2n) is 13.1. The summed E-state index contributed by atoms with van der Waals surface area (Å²) in [4.78, 5) is 33.9. The predicted octanol–water partition coefficient (Wildman–Crippen LogP) is 2.83. The number of aliphatic hydroxyl groups is 1. The van der Waals surface area contributed by atoms with Crippen LogP contribution in [0.4, 0.5) is 4.79 Å². The summed E-state index contributed by atoms with van der Waals surface area (Å²) >= 11 is 0. The van der Waals surface area contributed by atoms with Crippen molar-refractivity contribution >= 4 is 29.7 Å². The average Bonchev–Trinajstić information content (AvgIpc) is 3.73. The van der Waals surface area contributed by atoms with E-state index in [0.29, 0.717) is 30.1 Å². The monoisotopic (exact) mass is 788 g/mol. The van der Waals surface area contributed by atoms with E-state index < -0.39 is 66.7 Å². The number of methoxy groups -OCH3 is 1. The van der Waals surface area contributed by atoms with Crippen LogP contribution >= 0.6 is 7.60 Å². The molecule has 0 radical (unpaired) electrons. The smallest absolute Gasteiger partial charge is 0.407 e. The van der Waals surface area contributed by atoms with Gasteiger partial charge in [0.1, 0.15) is 30.6 Å². The molecule has 2 saturated heterocycles. The summed E-state index contributed by atoms with van der Waals surface area (Å²) in [6, 6.07) is 11.7. The number of nitrogens with one attached hydrogen (secondary N) is 1. The second kappa shape index (κ2) is 19.3. The maximum absolute atomic E-state index is 13.8. The van der Waals surface area contributed by atoms with Crippen LogP contribution in [0.5, 0.6) is 11.5 Å². The van der Waals surface area contributed by atoms with Gasteiger partial charge in [0.05, 0.1) is 49.9 Å². The highest BCUT2D eigenvalue weighted by Gasteiger charge is 2.44. The van der Waals surface area contributed by atoms with E-state index in [0.717, 1.165) is 6.92 Å². The number of alkyl carbamates (subject to hydrolysis) is 1. The van der Waals surface area contributed by atoms with E-state index >= 15 is 0 Å². The topological polar surface area (TPSA) is 226 Å². The van der Waals surface area contributed by atoms with Crippen LogP contribution in [0.3, 0.4) is 0 Å². The number of carbonyl (C=O) groups is 2. The Morgan fingerprint density at radius 2 is 1.70 bits per heavy atom. The highest BCUT2D eigenvalue weighted by molar-refractivity contribution is 7.89. The fraction of sp³-hybridized carbons (Fsp3) is 0.588. The third-order valence-corrected chi connectivity index (χ3v) is 11.5. The van der Waals surface area contributed by atoms with Crippen LogP contribution < -0.4 is 14.8 Å². The lowest BCUT2D eigenvalue weighted by Crippen LogP contribution is -2.51. The zero-order valence-electron chi connectivity index (χ0n) is 30.1. The minimum Gasteiger partial charge on any atom is -0.497 e. The zero-order valence-corrected chi connectivity index (χ0v) is 31.8. The number of benzene rings is 2. The number of carbonyl (C=O) groups excluding carboxylic acids is 1. The van der Waals surface area contributed by atoms with Crippen LogP contribution in [0.25, 0.3) is 0 Å². The SMILES string of the molecule is COc1ccc(S(=O)(=O)N(CC(C)C)C[C@@H](O)[C@H](Cc2ccc(OCCOCP(=O)(O)O[C@@H](C)C(=O)O)cc2)NC(=O)O[C@H]2CO[C@H]3OCC[C@H]32)cc1. The molecule has 4 rings (SSSR count). The maximum atomic E-state index is 13.8. The van der Waals surface area contributed by atoms with E-state index in [4.69, 9.17) is 33.5 Å². The Kier molecular flexibility index (Phi) is 15.5. The number of amides is 1. The van der Waals surface area contributed by atoms with Gasteiger partial charge in [0.25, 0.3) is 0 Å². The number of nitrogens with zero attached hydrogens (tertiary/aromatic N) is 1. The molecule has 2 aromatic carbocycles. The molecule has 0 aliphatic carbocycles. The van der Waals surface area contributed by atoms with Gasteiger partial charge in [-0.1, -0.05) is 26.0 Å². The summed E-state index contributed by atoms with van der Waals surface area (Å²) in [6.07, 6.45) is -4.57. The van der Waals surface area contributed by atoms with Gasteiger partial charge < -0.3 is 48.8 Å². The van der Waals surface area contributed by atoms with E-state index in [9.17, 15) is 32.6 Å². The fourth-order valence-corrected chi connectivity index (χ4v) is 8.39. The molecule has 53 heavy (non-hydrogen) atoms. The summed E-state index contributed by atoms with van der Waals surface area (Å²) in [6.45, 7) is 5.18. The number of rotatable bonds is 21. The number of aliphatic carboxylic acids is 1. The van der Waals surface area contributed by atoms with Crippen LogP contribution in [-0.2, 0) is 49.3 Å². The van der Waals surface area contributed by atoms with Crippen molar-refractivity contribution in [2.75, 3.05) is 53.0 Å². The Morgan fingerprint density at radius 3 is 2.34 bits per heavy atom. The second-order valence-corrected chi connectivity index (χ2v) is 16.8. The van der Waals surface area contributed by atoms with Crippen molar-refractivity contribution in [3.63, 3.8) is 0 Å². The standard InChI is InChI=1S/C34H49N2O15PS/c1-22(2)18-36(53(43,44)27-11-9-25(45-4)10-12-27)19-30(37)29(35-34(40)50-31-20-49-33-28(31)13-14-48-33)17-24-5-7-26(8-6-24)47-16-15-46-21-52(41,42)51-23(3)32(38)39/h5-12,22-23,28-31,33,37H,13-21H2,1-4H3,(H,35,40)(H,38,39)(H,41,42)/t23-,28-,29-,30+,31-,33+/m0/s1. The summed E-state index contributed by atoms with van der Waals surface area (Å²) < 4.78 is 78.1. The van der Waals surface area contributed by atoms with Gasteiger partial charge in [-0.25, -0.2) is 18.0 Å². The Hall–Kier alpha value is -3.32. The average molecular weight is 789 g/mol. The molecule has 0 aromatic heterocycles. The largest absolute Gasteiger partial charge is 0.497 e. The Labute approximate surface area is 309 Å². The first kappa shape index (κ1) is 42.4. The highest BCUT2D eigenvalue weighted by atomic mass is 32.2. The molecule has 0 spiro atoms. The first-order valence-corrected chi connectivity index (χ1v) is 20.3. The number of fused-ring (bicyclic) bond motifs is 1. The number of carboxylic acids is 1. The highest BCUT2D eigenvalue weighted by Crippen LogP contribution is 2.43. The molecule has 17 nitrogen and oxygen atoms in total. The molecule has 4 N–H and O–H groups in total. The third-order valence-electron chi connectivity index (χ3n) is 8.47. The molecule has 296 valence electrons. The third kappa shape index (κ3) is 12.6. The molecule has 1 unspecified atom stereocenters. The normalized spacial score (nSPS) is 21.4. The van der Waals surface area contributed by atoms with Gasteiger partial charge in [-0.15, -0.1) is 0 Å². The molecule has 2 heterocycles. The first-order chi connectivity index (χ1) is 25.1. The summed E-state index contributed by atoms with van der Waals surface area (Å²) in [5.41, 5.74) is 0.672. The van der Waals surface area contributed by atoms with Crippen LogP contribution in [0.2, 0.25) is 0 Å². The number of carboxylic acid groups (broad SMARTS) is 1. The van der Waals surface area contributed by atoms with Gasteiger partial charge in [-0.2, -0.15) is 4.31 Å². The van der Waals surface area contributed by atoms with Crippen molar-refractivity contribution in [3.05, 3.63) is 54.1 Å². The lowest BCUT2D eigenvalue weighted by molar-refractivity contribution is -0.144. The number of hydrogen-bond acceptors (Lipinski definition) is 13. The van der Waals surface area contributed by atoms with Crippen LogP contribution in [0.1, 0.15) is 32.8 Å². The van der Waals surface area contributed by atoms with Crippen molar-refractivity contribution < 1.29 is 70.6 Å². The molecule has 2 fully saturated rings. The quantitative estimate of drug-likeness (QED) is 0.105. The summed E-state index contributed by atoms with van der Waals surface area (Å²) in [5, 5.41) is 23.2. The molecule has 0 bridgehead atoms. The minimum absolute atomic E-state index is 0.00526. The van der Waals surface area contributed by atoms with Crippen LogP contribution in [-0.4, -0.2) is 124 Å². The number of hydrogen-bond donors (Lipinski definition) is 4. The number of aliphatic hydroxyl groups excluding tert-OH is 1. The first-order valence-electron chi connectivity index (χ1n) is 17.1. The Morgan fingerprint density at radius 1 is 1.02 bits per heavy atom. The summed E-state index contributed by atoms with van der Waals surface area (Å²) in [5.74, 6) is -0.669. The van der Waals surface area contributed by atoms with Gasteiger partial charge in [0, 0.05) is 13.1 Å². The zero-order chi connectivity index (χ0) is 38.8. The van der Waals surface area contributed by atoms with Crippen molar-refractivity contribution in [2.24, 2.45) is 11.8 Å². The van der Waals surface area contributed by atoms with Gasteiger partial charge >= 0.3 is 19.7 Å². The van der Waals surface area contributed by atoms with E-state index in [-0.39, 0.29) is 56.1 Å². The van der Waals surface area contributed by atoms with E-state index in [1.54, 1.807) is 24.3 Å². The predicted molar refractivity (Wildman–Crippen MR) is 188 cm³/mol. The number of ether oxygens (including phenoxy) is 6. The Bertz CT molecular complexity index is 1640. The van der Waals surface area contributed by atoms with E-state index in [1.165, 1.54) is 35.7 Å². The molecule has 1 amide bonds. The maximum Gasteiger partial charge on any atom is 0.407 e. The molecule has 2 aliphatic rings. The fourth-order valence-electron chi connectivity index (χ4n) is 5.76. The lowest BCUT2D eigenvalue weighted by atomic mass is 10.0. The van der Waals surface area contributed by atoms with Gasteiger partial charge in [-0.05, 0) is 67.6 Å². The Balaban J connectivity index is 1.42. The van der Waals surface area contributed by atoms with E-state index in [1.807, 2.05) is 13.8 Å². The van der Waals surface area contributed by atoms with Gasteiger partial charge in [0.15, 0.2) is 12.4 Å². The van der Waals surface area contributed by atoms with Crippen molar-refractivity contribution in [1.29, 1.82) is 0 Å². The van der Waals surface area contributed by atoms with Crippen LogP contribution in [0, 0.1) is 11.8 Å². The number of sulfonamides is 1. The summed E-state index contributed by atoms with van der Waals surface area (Å²) in [7, 11) is -6.86. The van der Waals surface area contributed by atoms with Crippen molar-refractivity contribution in [3.8, 4) is 11.5 Å². The van der Waals surface area contributed by atoms with Gasteiger partial charge in [0.2, 0.25) is 10.0 Å². The van der Waals surface area contributed by atoms with Crippen molar-refractivity contribution in [1.82, 2.24) is 9.62 Å². The van der Waals surface area contributed by atoms with Crippen LogP contribution in [0.15, 0.2) is 53.4 Å². The van der Waals surface area contributed by atoms with E-state index in [2.05, 4.69) is 9.84 Å².